The molecule has 1 saturated carbocycles. The van der Waals surface area contributed by atoms with E-state index < -0.39 is 0 Å². The zero-order chi connectivity index (χ0) is 13.8. The predicted molar refractivity (Wildman–Crippen MR) is 81.2 cm³/mol. The SMILES string of the molecule is CCOc1ncccc1NC1CCCC1C1CCCN1. The molecule has 110 valence electrons. The van der Waals surface area contributed by atoms with E-state index in [9.17, 15) is 0 Å². The van der Waals surface area contributed by atoms with Gasteiger partial charge in [0.1, 0.15) is 0 Å². The number of pyridine rings is 1. The van der Waals surface area contributed by atoms with Crippen LogP contribution in [-0.2, 0) is 0 Å². The third kappa shape index (κ3) is 2.90. The van der Waals surface area contributed by atoms with Gasteiger partial charge < -0.3 is 15.4 Å². The number of nitrogens with one attached hydrogen (secondary N) is 2. The quantitative estimate of drug-likeness (QED) is 0.867. The summed E-state index contributed by atoms with van der Waals surface area (Å²) in [4.78, 5) is 4.33. The van der Waals surface area contributed by atoms with Gasteiger partial charge in [-0.3, -0.25) is 0 Å². The van der Waals surface area contributed by atoms with Crippen molar-refractivity contribution in [1.29, 1.82) is 0 Å². The van der Waals surface area contributed by atoms with Gasteiger partial charge in [-0.1, -0.05) is 6.42 Å². The van der Waals surface area contributed by atoms with E-state index in [1.54, 1.807) is 6.20 Å². The molecule has 1 saturated heterocycles. The van der Waals surface area contributed by atoms with Gasteiger partial charge in [-0.05, 0) is 57.2 Å². The van der Waals surface area contributed by atoms with Crippen molar-refractivity contribution in [2.75, 3.05) is 18.5 Å². The van der Waals surface area contributed by atoms with E-state index >= 15 is 0 Å². The zero-order valence-electron chi connectivity index (χ0n) is 12.3. The van der Waals surface area contributed by atoms with E-state index in [1.165, 1.54) is 38.6 Å². The topological polar surface area (TPSA) is 46.2 Å². The number of rotatable bonds is 5. The third-order valence-electron chi connectivity index (χ3n) is 4.58. The summed E-state index contributed by atoms with van der Waals surface area (Å²) >= 11 is 0. The average Bonchev–Trinajstić information content (AvgIpc) is 3.11. The molecule has 3 rings (SSSR count). The highest BCUT2D eigenvalue weighted by atomic mass is 16.5. The zero-order valence-corrected chi connectivity index (χ0v) is 12.3. The summed E-state index contributed by atoms with van der Waals surface area (Å²) in [6.07, 6.45) is 8.35. The number of aromatic nitrogens is 1. The largest absolute Gasteiger partial charge is 0.476 e. The Kier molecular flexibility index (Phi) is 4.41. The molecule has 1 aliphatic carbocycles. The van der Waals surface area contributed by atoms with E-state index in [-0.39, 0.29) is 0 Å². The number of nitrogens with zero attached hydrogens (tertiary/aromatic N) is 1. The lowest BCUT2D eigenvalue weighted by Gasteiger charge is -2.27. The van der Waals surface area contributed by atoms with E-state index in [0.29, 0.717) is 18.7 Å². The van der Waals surface area contributed by atoms with Crippen LogP contribution in [0.1, 0.15) is 39.0 Å². The number of ether oxygens (including phenoxy) is 1. The van der Waals surface area contributed by atoms with Crippen molar-refractivity contribution in [3.63, 3.8) is 0 Å². The summed E-state index contributed by atoms with van der Waals surface area (Å²) < 4.78 is 5.62. The summed E-state index contributed by atoms with van der Waals surface area (Å²) in [5.41, 5.74) is 1.05. The minimum Gasteiger partial charge on any atom is -0.476 e. The lowest BCUT2D eigenvalue weighted by Crippen LogP contribution is -2.38. The van der Waals surface area contributed by atoms with Crippen molar-refractivity contribution in [2.45, 2.75) is 51.1 Å². The van der Waals surface area contributed by atoms with Gasteiger partial charge in [0.2, 0.25) is 5.88 Å². The van der Waals surface area contributed by atoms with E-state index in [4.69, 9.17) is 4.74 Å². The molecule has 2 aliphatic rings. The molecule has 0 bridgehead atoms. The van der Waals surface area contributed by atoms with E-state index in [2.05, 4.69) is 21.7 Å². The Labute approximate surface area is 121 Å². The molecule has 2 heterocycles. The van der Waals surface area contributed by atoms with Crippen LogP contribution in [0.25, 0.3) is 0 Å². The predicted octanol–water partition coefficient (Wildman–Crippen LogP) is 2.81. The fourth-order valence-electron chi connectivity index (χ4n) is 3.68. The Morgan fingerprint density at radius 3 is 3.10 bits per heavy atom. The average molecular weight is 275 g/mol. The second kappa shape index (κ2) is 6.44. The molecule has 2 N–H and O–H groups in total. The van der Waals surface area contributed by atoms with E-state index in [0.717, 1.165) is 17.5 Å². The number of hydrogen-bond acceptors (Lipinski definition) is 4. The molecule has 1 aliphatic heterocycles. The van der Waals surface area contributed by atoms with Crippen molar-refractivity contribution < 1.29 is 4.74 Å². The highest BCUT2D eigenvalue weighted by Gasteiger charge is 2.35. The van der Waals surface area contributed by atoms with Gasteiger partial charge in [-0.2, -0.15) is 0 Å². The van der Waals surface area contributed by atoms with Crippen LogP contribution in [0.4, 0.5) is 5.69 Å². The van der Waals surface area contributed by atoms with Crippen LogP contribution in [0.3, 0.4) is 0 Å². The van der Waals surface area contributed by atoms with Gasteiger partial charge in [0.05, 0.1) is 12.3 Å². The van der Waals surface area contributed by atoms with Crippen LogP contribution in [0.15, 0.2) is 18.3 Å². The van der Waals surface area contributed by atoms with Crippen LogP contribution in [0.2, 0.25) is 0 Å². The monoisotopic (exact) mass is 275 g/mol. The van der Waals surface area contributed by atoms with Crippen LogP contribution in [0, 0.1) is 5.92 Å². The highest BCUT2D eigenvalue weighted by Crippen LogP contribution is 2.35. The molecule has 2 fully saturated rings. The standard InChI is InChI=1S/C16H25N3O/c1-2-20-16-15(9-5-11-18-16)19-14-7-3-6-12(14)13-8-4-10-17-13/h5,9,11-14,17,19H,2-4,6-8,10H2,1H3. The lowest BCUT2D eigenvalue weighted by molar-refractivity contribution is 0.326. The smallest absolute Gasteiger partial charge is 0.237 e. The van der Waals surface area contributed by atoms with Crippen molar-refractivity contribution in [2.24, 2.45) is 5.92 Å². The van der Waals surface area contributed by atoms with Crippen LogP contribution >= 0.6 is 0 Å². The molecule has 0 aromatic carbocycles. The molecule has 1 aromatic heterocycles. The van der Waals surface area contributed by atoms with Crippen molar-refractivity contribution in [1.82, 2.24) is 10.3 Å². The molecule has 3 unspecified atom stereocenters. The Bertz CT molecular complexity index is 431. The fraction of sp³-hybridized carbons (Fsp3) is 0.688. The molecule has 4 nitrogen and oxygen atoms in total. The molecular formula is C16H25N3O. The molecule has 1 aromatic rings. The minimum atomic E-state index is 0.550. The summed E-state index contributed by atoms with van der Waals surface area (Å²) in [5.74, 6) is 1.48. The first-order valence-electron chi connectivity index (χ1n) is 7.96. The van der Waals surface area contributed by atoms with Gasteiger partial charge >= 0.3 is 0 Å². The fourth-order valence-corrected chi connectivity index (χ4v) is 3.68. The number of anilines is 1. The van der Waals surface area contributed by atoms with Crippen LogP contribution in [-0.4, -0.2) is 30.2 Å². The molecule has 4 heteroatoms. The molecule has 0 spiro atoms. The summed E-state index contributed by atoms with van der Waals surface area (Å²) in [6.45, 7) is 3.84. The minimum absolute atomic E-state index is 0.550. The van der Waals surface area contributed by atoms with Crippen molar-refractivity contribution in [3.05, 3.63) is 18.3 Å². The first-order chi connectivity index (χ1) is 9.88. The van der Waals surface area contributed by atoms with Crippen molar-refractivity contribution in [3.8, 4) is 5.88 Å². The third-order valence-corrected chi connectivity index (χ3v) is 4.58. The molecule has 3 atom stereocenters. The normalized spacial score (nSPS) is 29.6. The van der Waals surface area contributed by atoms with Gasteiger partial charge in [0.25, 0.3) is 0 Å². The van der Waals surface area contributed by atoms with Crippen LogP contribution in [0.5, 0.6) is 5.88 Å². The Morgan fingerprint density at radius 2 is 2.30 bits per heavy atom. The maximum Gasteiger partial charge on any atom is 0.237 e. The second-order valence-electron chi connectivity index (χ2n) is 5.84. The molecule has 20 heavy (non-hydrogen) atoms. The first-order valence-corrected chi connectivity index (χ1v) is 7.96. The maximum absolute atomic E-state index is 5.62. The molecule has 0 amide bonds. The first kappa shape index (κ1) is 13.7. The Morgan fingerprint density at radius 1 is 1.35 bits per heavy atom. The second-order valence-corrected chi connectivity index (χ2v) is 5.84. The highest BCUT2D eigenvalue weighted by molar-refractivity contribution is 5.53. The van der Waals surface area contributed by atoms with Gasteiger partial charge in [0.15, 0.2) is 0 Å². The summed E-state index contributed by atoms with van der Waals surface area (Å²) in [6, 6.07) is 5.30. The van der Waals surface area contributed by atoms with Gasteiger partial charge in [0, 0.05) is 18.3 Å². The van der Waals surface area contributed by atoms with Crippen LogP contribution < -0.4 is 15.4 Å². The summed E-state index contributed by atoms with van der Waals surface area (Å²) in [7, 11) is 0. The van der Waals surface area contributed by atoms with Gasteiger partial charge in [-0.15, -0.1) is 0 Å². The number of hydrogen-bond donors (Lipinski definition) is 2. The Hall–Kier alpha value is -1.29. The maximum atomic E-state index is 5.62. The Balaban J connectivity index is 1.69. The summed E-state index contributed by atoms with van der Waals surface area (Å²) in [5, 5.41) is 7.36. The van der Waals surface area contributed by atoms with Crippen molar-refractivity contribution >= 4 is 5.69 Å². The van der Waals surface area contributed by atoms with E-state index in [1.807, 2.05) is 13.0 Å². The lowest BCUT2D eigenvalue weighted by atomic mass is 9.93. The molecular weight excluding hydrogens is 250 g/mol. The molecule has 0 radical (unpaired) electrons. The van der Waals surface area contributed by atoms with Gasteiger partial charge in [-0.25, -0.2) is 4.98 Å².